The lowest BCUT2D eigenvalue weighted by atomic mass is 9.98. The van der Waals surface area contributed by atoms with E-state index in [1.807, 2.05) is 0 Å². The van der Waals surface area contributed by atoms with Crippen LogP contribution in [0.3, 0.4) is 0 Å². The molecule has 1 heterocycles. The van der Waals surface area contributed by atoms with Crippen LogP contribution in [0, 0.1) is 0 Å². The van der Waals surface area contributed by atoms with Gasteiger partial charge in [-0.2, -0.15) is 11.8 Å². The Labute approximate surface area is 89.5 Å². The minimum atomic E-state index is 0.700. The molecule has 0 radical (unpaired) electrons. The van der Waals surface area contributed by atoms with E-state index < -0.39 is 0 Å². The fraction of sp³-hybridized carbons (Fsp3) is 0.545. The Bertz CT molecular complexity index is 257. The lowest BCUT2D eigenvalue weighted by molar-refractivity contribution is 0.712. The third kappa shape index (κ3) is 2.23. The summed E-state index contributed by atoms with van der Waals surface area (Å²) in [6.07, 6.45) is 11.6. The Balaban J connectivity index is 2.09. The molecule has 0 N–H and O–H groups in total. The highest BCUT2D eigenvalue weighted by atomic mass is 32.2. The number of hydrogen-bond acceptors (Lipinski definition) is 2. The summed E-state index contributed by atoms with van der Waals surface area (Å²) in [5.41, 5.74) is 1.43. The van der Waals surface area contributed by atoms with Crippen molar-refractivity contribution in [2.24, 2.45) is 0 Å². The zero-order valence-corrected chi connectivity index (χ0v) is 9.29. The van der Waals surface area contributed by atoms with Crippen molar-refractivity contribution in [3.63, 3.8) is 0 Å². The number of thiocarbonyl (C=S) groups is 1. The van der Waals surface area contributed by atoms with Crippen molar-refractivity contribution < 1.29 is 0 Å². The molecule has 1 aliphatic heterocycles. The predicted octanol–water partition coefficient (Wildman–Crippen LogP) is 3.53. The van der Waals surface area contributed by atoms with Gasteiger partial charge in [0.1, 0.15) is 0 Å². The molecule has 1 unspecified atom stereocenters. The second kappa shape index (κ2) is 4.43. The van der Waals surface area contributed by atoms with Crippen LogP contribution in [0.25, 0.3) is 0 Å². The molecule has 0 nitrogen and oxygen atoms in total. The number of rotatable bonds is 1. The lowest BCUT2D eigenvalue weighted by Crippen LogP contribution is -2.18. The average Bonchev–Trinajstić information content (AvgIpc) is 2.20. The fourth-order valence-electron chi connectivity index (χ4n) is 1.83. The Hall–Kier alpha value is -0.0800. The highest BCUT2D eigenvalue weighted by Gasteiger charge is 2.21. The maximum Gasteiger partial charge on any atom is 0.0308 e. The first-order valence-corrected chi connectivity index (χ1v) is 6.35. The van der Waals surface area contributed by atoms with Crippen molar-refractivity contribution >= 4 is 28.8 Å². The molecule has 13 heavy (non-hydrogen) atoms. The molecule has 0 amide bonds. The van der Waals surface area contributed by atoms with Crippen LogP contribution in [-0.2, 0) is 0 Å². The smallest absolute Gasteiger partial charge is 0.0308 e. The van der Waals surface area contributed by atoms with Gasteiger partial charge in [-0.1, -0.05) is 36.9 Å². The van der Waals surface area contributed by atoms with Gasteiger partial charge in [-0.3, -0.25) is 0 Å². The van der Waals surface area contributed by atoms with Gasteiger partial charge in [-0.25, -0.2) is 0 Å². The third-order valence-corrected chi connectivity index (χ3v) is 4.38. The van der Waals surface area contributed by atoms with Gasteiger partial charge >= 0.3 is 0 Å². The highest BCUT2D eigenvalue weighted by Crippen LogP contribution is 2.32. The molecule has 2 heteroatoms. The first kappa shape index (κ1) is 9.47. The summed E-state index contributed by atoms with van der Waals surface area (Å²) in [5.74, 6) is 1.31. The molecular weight excluding hydrogens is 196 g/mol. The van der Waals surface area contributed by atoms with Gasteiger partial charge in [-0.15, -0.1) is 0 Å². The SMILES string of the molecule is S=C1CC=CC=C1C1CCCCS1. The first-order chi connectivity index (χ1) is 6.38. The molecule has 0 aromatic carbocycles. The van der Waals surface area contributed by atoms with Gasteiger partial charge < -0.3 is 0 Å². The van der Waals surface area contributed by atoms with Crippen LogP contribution in [0.1, 0.15) is 25.7 Å². The summed E-state index contributed by atoms with van der Waals surface area (Å²) < 4.78 is 0. The van der Waals surface area contributed by atoms with Crippen molar-refractivity contribution in [3.05, 3.63) is 23.8 Å². The van der Waals surface area contributed by atoms with E-state index in [-0.39, 0.29) is 0 Å². The third-order valence-electron chi connectivity index (χ3n) is 2.56. The van der Waals surface area contributed by atoms with Crippen molar-refractivity contribution in [3.8, 4) is 0 Å². The van der Waals surface area contributed by atoms with Crippen molar-refractivity contribution in [1.29, 1.82) is 0 Å². The summed E-state index contributed by atoms with van der Waals surface area (Å²) >= 11 is 7.46. The molecule has 1 fully saturated rings. The van der Waals surface area contributed by atoms with Crippen LogP contribution >= 0.6 is 24.0 Å². The first-order valence-electron chi connectivity index (χ1n) is 4.89. The predicted molar refractivity (Wildman–Crippen MR) is 64.5 cm³/mol. The van der Waals surface area contributed by atoms with Gasteiger partial charge in [0.15, 0.2) is 0 Å². The van der Waals surface area contributed by atoms with Crippen molar-refractivity contribution in [1.82, 2.24) is 0 Å². The lowest BCUT2D eigenvalue weighted by Gasteiger charge is -2.25. The van der Waals surface area contributed by atoms with Crippen LogP contribution in [0.2, 0.25) is 0 Å². The molecule has 1 aliphatic carbocycles. The van der Waals surface area contributed by atoms with E-state index in [9.17, 15) is 0 Å². The number of hydrogen-bond donors (Lipinski definition) is 0. The topological polar surface area (TPSA) is 0 Å². The second-order valence-electron chi connectivity index (χ2n) is 3.53. The van der Waals surface area contributed by atoms with Crippen LogP contribution in [0.5, 0.6) is 0 Å². The van der Waals surface area contributed by atoms with Crippen molar-refractivity contribution in [2.45, 2.75) is 30.9 Å². The molecule has 2 aliphatic rings. The molecule has 2 rings (SSSR count). The van der Waals surface area contributed by atoms with Crippen LogP contribution in [0.15, 0.2) is 23.8 Å². The maximum absolute atomic E-state index is 5.38. The van der Waals surface area contributed by atoms with Crippen molar-refractivity contribution in [2.75, 3.05) is 5.75 Å². The zero-order valence-electron chi connectivity index (χ0n) is 7.66. The maximum atomic E-state index is 5.38. The van der Waals surface area contributed by atoms with E-state index in [1.54, 1.807) is 0 Å². The molecule has 70 valence electrons. The molecule has 0 saturated carbocycles. The molecule has 1 saturated heterocycles. The van der Waals surface area contributed by atoms with Gasteiger partial charge in [0.05, 0.1) is 0 Å². The monoisotopic (exact) mass is 210 g/mol. The van der Waals surface area contributed by atoms with Gasteiger partial charge in [0.25, 0.3) is 0 Å². The zero-order chi connectivity index (χ0) is 9.10. The average molecular weight is 210 g/mol. The van der Waals surface area contributed by atoms with E-state index in [4.69, 9.17) is 12.2 Å². The van der Waals surface area contributed by atoms with Crippen LogP contribution in [-0.4, -0.2) is 15.9 Å². The minimum Gasteiger partial charge on any atom is -0.154 e. The van der Waals surface area contributed by atoms with Crippen LogP contribution < -0.4 is 0 Å². The Morgan fingerprint density at radius 3 is 3.00 bits per heavy atom. The largest absolute Gasteiger partial charge is 0.154 e. The molecule has 0 aromatic heterocycles. The fourth-order valence-corrected chi connectivity index (χ4v) is 3.60. The Morgan fingerprint density at radius 2 is 2.31 bits per heavy atom. The Kier molecular flexibility index (Phi) is 3.23. The minimum absolute atomic E-state index is 0.700. The highest BCUT2D eigenvalue weighted by molar-refractivity contribution is 8.00. The van der Waals surface area contributed by atoms with Crippen LogP contribution in [0.4, 0.5) is 0 Å². The summed E-state index contributed by atoms with van der Waals surface area (Å²) in [6.45, 7) is 0. The molecule has 0 aromatic rings. The summed E-state index contributed by atoms with van der Waals surface area (Å²) in [6, 6.07) is 0. The summed E-state index contributed by atoms with van der Waals surface area (Å²) in [7, 11) is 0. The van der Waals surface area contributed by atoms with E-state index in [1.165, 1.54) is 35.5 Å². The van der Waals surface area contributed by atoms with Gasteiger partial charge in [0, 0.05) is 16.5 Å². The second-order valence-corrected chi connectivity index (χ2v) is 5.34. The molecule has 0 spiro atoms. The van der Waals surface area contributed by atoms with E-state index >= 15 is 0 Å². The van der Waals surface area contributed by atoms with Gasteiger partial charge in [-0.05, 0) is 24.2 Å². The standard InChI is InChI=1S/C11H14S2/c12-10-6-2-1-5-9(10)11-7-3-4-8-13-11/h1-2,5,11H,3-4,6-8H2. The molecular formula is C11H14S2. The van der Waals surface area contributed by atoms with E-state index in [2.05, 4.69) is 30.0 Å². The normalized spacial score (nSPS) is 28.8. The van der Waals surface area contributed by atoms with E-state index in [0.29, 0.717) is 5.25 Å². The summed E-state index contributed by atoms with van der Waals surface area (Å²) in [5, 5.41) is 0.700. The number of thioether (sulfide) groups is 1. The summed E-state index contributed by atoms with van der Waals surface area (Å²) in [4.78, 5) is 1.17. The van der Waals surface area contributed by atoms with E-state index in [0.717, 1.165) is 6.42 Å². The Morgan fingerprint density at radius 1 is 1.38 bits per heavy atom. The number of allylic oxidation sites excluding steroid dienone is 3. The molecule has 1 atom stereocenters. The molecule has 0 bridgehead atoms. The van der Waals surface area contributed by atoms with Gasteiger partial charge in [0.2, 0.25) is 0 Å². The quantitative estimate of drug-likeness (QED) is 0.607.